The molecule has 0 bridgehead atoms. The predicted octanol–water partition coefficient (Wildman–Crippen LogP) is 3.64. The first-order valence-corrected chi connectivity index (χ1v) is 5.77. The Morgan fingerprint density at radius 3 is 2.82 bits per heavy atom. The monoisotopic (exact) mass is 248 g/mol. The number of benzene rings is 1. The Morgan fingerprint density at radius 1 is 1.06 bits per heavy atom. The third kappa shape index (κ3) is 1.68. The van der Waals surface area contributed by atoms with Crippen molar-refractivity contribution in [2.75, 3.05) is 0 Å². The number of nitrogens with zero attached hydrogens (tertiary/aromatic N) is 2. The van der Waals surface area contributed by atoms with E-state index in [1.54, 1.807) is 6.07 Å². The minimum absolute atomic E-state index is 0.163. The van der Waals surface area contributed by atoms with Crippen LogP contribution in [0.2, 0.25) is 0 Å². The third-order valence-electron chi connectivity index (χ3n) is 2.45. The summed E-state index contributed by atoms with van der Waals surface area (Å²) in [6.45, 7) is 0. The number of fused-ring (bicyclic) bond motifs is 1. The van der Waals surface area contributed by atoms with Gasteiger partial charge in [0.25, 0.3) is 0 Å². The summed E-state index contributed by atoms with van der Waals surface area (Å²) in [4.78, 5) is 8.87. The molecule has 0 amide bonds. The maximum Gasteiger partial charge on any atom is 0.132 e. The second kappa shape index (κ2) is 3.85. The number of halogens is 2. The fourth-order valence-electron chi connectivity index (χ4n) is 1.68. The van der Waals surface area contributed by atoms with Gasteiger partial charge in [0, 0.05) is 10.9 Å². The molecular formula is C12H6F2N2S. The van der Waals surface area contributed by atoms with Gasteiger partial charge in [0.05, 0.1) is 5.69 Å². The van der Waals surface area contributed by atoms with Gasteiger partial charge < -0.3 is 0 Å². The molecule has 5 heteroatoms. The molecule has 2 heterocycles. The van der Waals surface area contributed by atoms with Crippen LogP contribution < -0.4 is 0 Å². The summed E-state index contributed by atoms with van der Waals surface area (Å²) in [5, 5.41) is 2.59. The summed E-state index contributed by atoms with van der Waals surface area (Å²) in [5.41, 5.74) is 0.587. The Hall–Kier alpha value is -1.88. The van der Waals surface area contributed by atoms with Crippen LogP contribution in [0.5, 0.6) is 0 Å². The van der Waals surface area contributed by atoms with Crippen molar-refractivity contribution in [3.8, 4) is 11.3 Å². The predicted molar refractivity (Wildman–Crippen MR) is 62.8 cm³/mol. The summed E-state index contributed by atoms with van der Waals surface area (Å²) < 4.78 is 26.8. The zero-order valence-electron chi connectivity index (χ0n) is 8.52. The second-order valence-corrected chi connectivity index (χ2v) is 4.38. The van der Waals surface area contributed by atoms with Gasteiger partial charge in [-0.05, 0) is 29.6 Å². The summed E-state index contributed by atoms with van der Waals surface area (Å²) in [7, 11) is 0. The van der Waals surface area contributed by atoms with Crippen molar-refractivity contribution in [1.82, 2.24) is 9.97 Å². The first-order valence-electron chi connectivity index (χ1n) is 4.89. The first kappa shape index (κ1) is 10.3. The molecule has 0 saturated heterocycles. The lowest BCUT2D eigenvalue weighted by atomic mass is 10.1. The van der Waals surface area contributed by atoms with Gasteiger partial charge in [-0.2, -0.15) is 0 Å². The second-order valence-electron chi connectivity index (χ2n) is 3.49. The van der Waals surface area contributed by atoms with Crippen LogP contribution >= 0.6 is 11.3 Å². The topological polar surface area (TPSA) is 25.8 Å². The van der Waals surface area contributed by atoms with Gasteiger partial charge in [-0.25, -0.2) is 18.7 Å². The Morgan fingerprint density at radius 2 is 1.94 bits per heavy atom. The van der Waals surface area contributed by atoms with E-state index in [1.807, 2.05) is 5.38 Å². The van der Waals surface area contributed by atoms with Crippen LogP contribution in [0.4, 0.5) is 8.78 Å². The number of aromatic nitrogens is 2. The zero-order chi connectivity index (χ0) is 11.8. The highest BCUT2D eigenvalue weighted by Crippen LogP contribution is 2.30. The van der Waals surface area contributed by atoms with Crippen LogP contribution in [-0.4, -0.2) is 9.97 Å². The maximum atomic E-state index is 13.7. The standard InChI is InChI=1S/C12H6F2N2S/c13-7-1-2-10(14)9(5-7)11-8-3-4-17-12(8)16-6-15-11/h1-6H. The molecule has 0 saturated carbocycles. The molecule has 0 aliphatic carbocycles. The molecule has 0 N–H and O–H groups in total. The highest BCUT2D eigenvalue weighted by molar-refractivity contribution is 7.16. The SMILES string of the molecule is Fc1ccc(F)c(-c2ncnc3sccc23)c1. The van der Waals surface area contributed by atoms with E-state index in [9.17, 15) is 8.78 Å². The molecule has 0 fully saturated rings. The van der Waals surface area contributed by atoms with Gasteiger partial charge in [0.15, 0.2) is 0 Å². The molecule has 84 valence electrons. The molecule has 0 spiro atoms. The average molecular weight is 248 g/mol. The van der Waals surface area contributed by atoms with Crippen molar-refractivity contribution < 1.29 is 8.78 Å². The summed E-state index contributed by atoms with van der Waals surface area (Å²) in [6.07, 6.45) is 1.36. The Balaban J connectivity index is 2.34. The van der Waals surface area contributed by atoms with Gasteiger partial charge >= 0.3 is 0 Å². The molecule has 17 heavy (non-hydrogen) atoms. The van der Waals surface area contributed by atoms with Crippen LogP contribution in [0.3, 0.4) is 0 Å². The first-order chi connectivity index (χ1) is 8.25. The van der Waals surface area contributed by atoms with E-state index < -0.39 is 11.6 Å². The van der Waals surface area contributed by atoms with E-state index >= 15 is 0 Å². The van der Waals surface area contributed by atoms with Gasteiger partial charge in [-0.15, -0.1) is 11.3 Å². The quantitative estimate of drug-likeness (QED) is 0.657. The van der Waals surface area contributed by atoms with Crippen LogP contribution in [0.15, 0.2) is 36.0 Å². The molecule has 0 aliphatic heterocycles. The maximum absolute atomic E-state index is 13.7. The highest BCUT2D eigenvalue weighted by Gasteiger charge is 2.12. The summed E-state index contributed by atoms with van der Waals surface area (Å²) >= 11 is 1.44. The Kier molecular flexibility index (Phi) is 2.33. The van der Waals surface area contributed by atoms with Crippen molar-refractivity contribution in [2.45, 2.75) is 0 Å². The van der Waals surface area contributed by atoms with Crippen molar-refractivity contribution in [3.63, 3.8) is 0 Å². The molecule has 0 radical (unpaired) electrons. The minimum atomic E-state index is -0.488. The van der Waals surface area contributed by atoms with E-state index in [4.69, 9.17) is 0 Å². The normalized spacial score (nSPS) is 10.9. The van der Waals surface area contributed by atoms with Crippen molar-refractivity contribution >= 4 is 21.6 Å². The molecular weight excluding hydrogens is 242 g/mol. The van der Waals surface area contributed by atoms with Gasteiger partial charge in [-0.1, -0.05) is 0 Å². The lowest BCUT2D eigenvalue weighted by Gasteiger charge is -2.03. The van der Waals surface area contributed by atoms with E-state index in [0.29, 0.717) is 5.69 Å². The number of rotatable bonds is 1. The lowest BCUT2D eigenvalue weighted by molar-refractivity contribution is 0.603. The summed E-state index contributed by atoms with van der Waals surface area (Å²) in [6, 6.07) is 5.14. The van der Waals surface area contributed by atoms with Crippen molar-refractivity contribution in [1.29, 1.82) is 0 Å². The smallest absolute Gasteiger partial charge is 0.132 e. The van der Waals surface area contributed by atoms with Crippen LogP contribution in [0.1, 0.15) is 0 Å². The van der Waals surface area contributed by atoms with E-state index in [-0.39, 0.29) is 5.56 Å². The summed E-state index contributed by atoms with van der Waals surface area (Å²) in [5.74, 6) is -0.971. The molecule has 0 aliphatic rings. The molecule has 3 rings (SSSR count). The van der Waals surface area contributed by atoms with Gasteiger partial charge in [0.2, 0.25) is 0 Å². The largest absolute Gasteiger partial charge is 0.235 e. The van der Waals surface area contributed by atoms with Gasteiger partial charge in [-0.3, -0.25) is 0 Å². The van der Waals surface area contributed by atoms with E-state index in [1.165, 1.54) is 17.7 Å². The third-order valence-corrected chi connectivity index (χ3v) is 3.27. The number of hydrogen-bond donors (Lipinski definition) is 0. The zero-order valence-corrected chi connectivity index (χ0v) is 9.34. The Bertz CT molecular complexity index is 694. The highest BCUT2D eigenvalue weighted by atomic mass is 32.1. The van der Waals surface area contributed by atoms with Crippen molar-refractivity contribution in [3.05, 3.63) is 47.6 Å². The van der Waals surface area contributed by atoms with Crippen LogP contribution in [0.25, 0.3) is 21.5 Å². The van der Waals surface area contributed by atoms with Crippen molar-refractivity contribution in [2.24, 2.45) is 0 Å². The minimum Gasteiger partial charge on any atom is -0.235 e. The van der Waals surface area contributed by atoms with Crippen LogP contribution in [0, 0.1) is 11.6 Å². The molecule has 3 aromatic rings. The Labute approximate surface area is 99.6 Å². The van der Waals surface area contributed by atoms with E-state index in [2.05, 4.69) is 9.97 Å². The van der Waals surface area contributed by atoms with Gasteiger partial charge in [0.1, 0.15) is 22.8 Å². The fourth-order valence-corrected chi connectivity index (χ4v) is 2.42. The molecule has 0 atom stereocenters. The molecule has 2 nitrogen and oxygen atoms in total. The fraction of sp³-hybridized carbons (Fsp3) is 0. The van der Waals surface area contributed by atoms with Crippen LogP contribution in [-0.2, 0) is 0 Å². The average Bonchev–Trinajstić information content (AvgIpc) is 2.80. The lowest BCUT2D eigenvalue weighted by Crippen LogP contribution is -1.91. The van der Waals surface area contributed by atoms with E-state index in [0.717, 1.165) is 28.4 Å². The molecule has 1 aromatic carbocycles. The molecule has 0 unspecified atom stereocenters. The number of thiophene rings is 1. The number of hydrogen-bond acceptors (Lipinski definition) is 3. The molecule has 2 aromatic heterocycles.